The first-order valence-corrected chi connectivity index (χ1v) is 12.4. The van der Waals surface area contributed by atoms with E-state index in [9.17, 15) is 13.2 Å². The number of ether oxygens (including phenoxy) is 2. The Morgan fingerprint density at radius 1 is 0.882 bits per heavy atom. The van der Waals surface area contributed by atoms with E-state index in [1.165, 1.54) is 12.1 Å². The third-order valence-electron chi connectivity index (χ3n) is 5.39. The SMILES string of the molecule is COc1ccc(CCNC(=O)[C@H](Cc2ccccc2)NS(=O)(=O)c2ccc(C)cc2)cc1OC. The van der Waals surface area contributed by atoms with Gasteiger partial charge in [0.1, 0.15) is 6.04 Å². The fourth-order valence-corrected chi connectivity index (χ4v) is 4.70. The largest absolute Gasteiger partial charge is 0.493 e. The highest BCUT2D eigenvalue weighted by Gasteiger charge is 2.26. The lowest BCUT2D eigenvalue weighted by atomic mass is 10.1. The number of sulfonamides is 1. The van der Waals surface area contributed by atoms with Crippen LogP contribution in [0.1, 0.15) is 16.7 Å². The molecule has 3 aromatic rings. The summed E-state index contributed by atoms with van der Waals surface area (Å²) in [7, 11) is -0.738. The molecule has 0 unspecified atom stereocenters. The molecule has 3 rings (SSSR count). The number of carbonyl (C=O) groups excluding carboxylic acids is 1. The molecule has 3 aromatic carbocycles. The molecule has 1 atom stereocenters. The topological polar surface area (TPSA) is 93.7 Å². The van der Waals surface area contributed by atoms with Gasteiger partial charge in [0.05, 0.1) is 19.1 Å². The number of carbonyl (C=O) groups is 1. The van der Waals surface area contributed by atoms with Gasteiger partial charge in [0.15, 0.2) is 11.5 Å². The van der Waals surface area contributed by atoms with E-state index in [1.54, 1.807) is 26.4 Å². The normalized spacial score (nSPS) is 12.1. The first kappa shape index (κ1) is 25.3. The molecule has 0 spiro atoms. The minimum atomic E-state index is -3.88. The van der Waals surface area contributed by atoms with Crippen molar-refractivity contribution in [3.8, 4) is 11.5 Å². The van der Waals surface area contributed by atoms with Crippen molar-refractivity contribution >= 4 is 15.9 Å². The van der Waals surface area contributed by atoms with Crippen LogP contribution in [0.25, 0.3) is 0 Å². The van der Waals surface area contributed by atoms with E-state index in [2.05, 4.69) is 10.0 Å². The van der Waals surface area contributed by atoms with Gasteiger partial charge in [0, 0.05) is 6.54 Å². The van der Waals surface area contributed by atoms with Crippen LogP contribution in [-0.2, 0) is 27.7 Å². The average Bonchev–Trinajstić information content (AvgIpc) is 2.84. The molecule has 0 aliphatic rings. The van der Waals surface area contributed by atoms with Gasteiger partial charge in [-0.05, 0) is 55.2 Å². The fourth-order valence-electron chi connectivity index (χ4n) is 3.50. The molecule has 0 heterocycles. The van der Waals surface area contributed by atoms with E-state index in [4.69, 9.17) is 9.47 Å². The summed E-state index contributed by atoms with van der Waals surface area (Å²) in [6, 6.07) is 20.4. The van der Waals surface area contributed by atoms with Gasteiger partial charge in [-0.3, -0.25) is 4.79 Å². The Morgan fingerprint density at radius 2 is 1.56 bits per heavy atom. The second kappa shape index (κ2) is 11.7. The number of nitrogens with one attached hydrogen (secondary N) is 2. The van der Waals surface area contributed by atoms with Crippen LogP contribution in [0.5, 0.6) is 11.5 Å². The third-order valence-corrected chi connectivity index (χ3v) is 6.88. The number of benzene rings is 3. The lowest BCUT2D eigenvalue weighted by Crippen LogP contribution is -2.48. The van der Waals surface area contributed by atoms with Crippen LogP contribution in [0.15, 0.2) is 77.7 Å². The molecule has 0 radical (unpaired) electrons. The molecule has 180 valence electrons. The van der Waals surface area contributed by atoms with Crippen molar-refractivity contribution < 1.29 is 22.7 Å². The highest BCUT2D eigenvalue weighted by Crippen LogP contribution is 2.27. The number of aryl methyl sites for hydroxylation is 1. The first-order valence-electron chi connectivity index (χ1n) is 10.9. The lowest BCUT2D eigenvalue weighted by molar-refractivity contribution is -0.122. The Hall–Kier alpha value is -3.36. The second-order valence-electron chi connectivity index (χ2n) is 7.91. The second-order valence-corrected chi connectivity index (χ2v) is 9.62. The van der Waals surface area contributed by atoms with Gasteiger partial charge in [-0.1, -0.05) is 54.1 Å². The van der Waals surface area contributed by atoms with Gasteiger partial charge < -0.3 is 14.8 Å². The summed E-state index contributed by atoms with van der Waals surface area (Å²) in [5.74, 6) is 0.850. The van der Waals surface area contributed by atoms with E-state index in [1.807, 2.05) is 55.5 Å². The van der Waals surface area contributed by atoms with Gasteiger partial charge in [-0.15, -0.1) is 0 Å². The van der Waals surface area contributed by atoms with Gasteiger partial charge in [0.2, 0.25) is 15.9 Å². The summed E-state index contributed by atoms with van der Waals surface area (Å²) in [6.45, 7) is 2.22. The van der Waals surface area contributed by atoms with Crippen molar-refractivity contribution in [2.45, 2.75) is 30.7 Å². The van der Waals surface area contributed by atoms with E-state index in [0.29, 0.717) is 24.5 Å². The van der Waals surface area contributed by atoms with Crippen molar-refractivity contribution in [1.29, 1.82) is 0 Å². The van der Waals surface area contributed by atoms with Crippen LogP contribution >= 0.6 is 0 Å². The number of amides is 1. The standard InChI is InChI=1S/C26H30N2O5S/c1-19-9-12-22(13-10-19)34(30,31)28-23(17-20-7-5-4-6-8-20)26(29)27-16-15-21-11-14-24(32-2)25(18-21)33-3/h4-14,18,23,28H,15-17H2,1-3H3,(H,27,29)/t23-/m0/s1. The van der Waals surface area contributed by atoms with Crippen LogP contribution in [-0.4, -0.2) is 41.1 Å². The van der Waals surface area contributed by atoms with E-state index < -0.39 is 16.1 Å². The Balaban J connectivity index is 1.71. The maximum absolute atomic E-state index is 13.0. The van der Waals surface area contributed by atoms with E-state index >= 15 is 0 Å². The maximum atomic E-state index is 13.0. The summed E-state index contributed by atoms with van der Waals surface area (Å²) < 4.78 is 39.1. The van der Waals surface area contributed by atoms with Crippen molar-refractivity contribution in [3.63, 3.8) is 0 Å². The molecule has 0 bridgehead atoms. The molecule has 0 fully saturated rings. The van der Waals surface area contributed by atoms with E-state index in [0.717, 1.165) is 16.7 Å². The van der Waals surface area contributed by atoms with Crippen LogP contribution < -0.4 is 19.5 Å². The average molecular weight is 483 g/mol. The zero-order valence-corrected chi connectivity index (χ0v) is 20.4. The molecule has 2 N–H and O–H groups in total. The van der Waals surface area contributed by atoms with E-state index in [-0.39, 0.29) is 17.2 Å². The number of rotatable bonds is 11. The monoisotopic (exact) mass is 482 g/mol. The maximum Gasteiger partial charge on any atom is 0.241 e. The van der Waals surface area contributed by atoms with Gasteiger partial charge in [-0.2, -0.15) is 4.72 Å². The van der Waals surface area contributed by atoms with Crippen LogP contribution in [0.3, 0.4) is 0 Å². The quantitative estimate of drug-likeness (QED) is 0.438. The minimum Gasteiger partial charge on any atom is -0.493 e. The first-order chi connectivity index (χ1) is 16.3. The molecule has 1 amide bonds. The van der Waals surface area contributed by atoms with Crippen LogP contribution in [0.4, 0.5) is 0 Å². The lowest BCUT2D eigenvalue weighted by Gasteiger charge is -2.19. The Bertz CT molecular complexity index is 1200. The van der Waals surface area contributed by atoms with Crippen molar-refractivity contribution in [3.05, 3.63) is 89.5 Å². The predicted octanol–water partition coefficient (Wildman–Crippen LogP) is 3.26. The molecule has 0 saturated heterocycles. The molecule has 8 heteroatoms. The molecular formula is C26H30N2O5S. The molecule has 7 nitrogen and oxygen atoms in total. The third kappa shape index (κ3) is 6.82. The van der Waals surface area contributed by atoms with Crippen molar-refractivity contribution in [1.82, 2.24) is 10.0 Å². The number of hydrogen-bond donors (Lipinski definition) is 2. The molecular weight excluding hydrogens is 452 g/mol. The smallest absolute Gasteiger partial charge is 0.241 e. The molecule has 0 aromatic heterocycles. The molecule has 34 heavy (non-hydrogen) atoms. The molecule has 0 saturated carbocycles. The zero-order valence-electron chi connectivity index (χ0n) is 19.6. The highest BCUT2D eigenvalue weighted by atomic mass is 32.2. The summed E-state index contributed by atoms with van der Waals surface area (Å²) in [5, 5.41) is 2.86. The Labute approximate surface area is 201 Å². The molecule has 0 aliphatic heterocycles. The van der Waals surface area contributed by atoms with Crippen LogP contribution in [0, 0.1) is 6.92 Å². The molecule has 0 aliphatic carbocycles. The zero-order chi connectivity index (χ0) is 24.6. The minimum absolute atomic E-state index is 0.120. The number of methoxy groups -OCH3 is 2. The predicted molar refractivity (Wildman–Crippen MR) is 132 cm³/mol. The Kier molecular flexibility index (Phi) is 8.67. The van der Waals surface area contributed by atoms with Crippen molar-refractivity contribution in [2.24, 2.45) is 0 Å². The van der Waals surface area contributed by atoms with Gasteiger partial charge in [0.25, 0.3) is 0 Å². The van der Waals surface area contributed by atoms with Crippen LogP contribution in [0.2, 0.25) is 0 Å². The summed E-state index contributed by atoms with van der Waals surface area (Å²) in [6.07, 6.45) is 0.781. The Morgan fingerprint density at radius 3 is 2.21 bits per heavy atom. The fraction of sp³-hybridized carbons (Fsp3) is 0.269. The number of hydrogen-bond acceptors (Lipinski definition) is 5. The van der Waals surface area contributed by atoms with Gasteiger partial charge >= 0.3 is 0 Å². The van der Waals surface area contributed by atoms with Gasteiger partial charge in [-0.25, -0.2) is 8.42 Å². The summed E-state index contributed by atoms with van der Waals surface area (Å²) in [5.41, 5.74) is 2.76. The summed E-state index contributed by atoms with van der Waals surface area (Å²) in [4.78, 5) is 13.2. The van der Waals surface area contributed by atoms with Crippen molar-refractivity contribution in [2.75, 3.05) is 20.8 Å². The summed E-state index contributed by atoms with van der Waals surface area (Å²) >= 11 is 0. The highest BCUT2D eigenvalue weighted by molar-refractivity contribution is 7.89.